The summed E-state index contributed by atoms with van der Waals surface area (Å²) >= 11 is 0. The fourth-order valence-corrected chi connectivity index (χ4v) is 1.11. The number of carbonyl (C=O) groups excluding carboxylic acids is 2. The highest BCUT2D eigenvalue weighted by Crippen LogP contribution is 2.04. The maximum Gasteiger partial charge on any atom is 0.325 e. The molecule has 0 saturated carbocycles. The highest BCUT2D eigenvalue weighted by Gasteiger charge is 2.27. The smallest absolute Gasteiger partial charge is 0.325 e. The Morgan fingerprint density at radius 3 is 2.93 bits per heavy atom. The molecule has 1 aliphatic heterocycles. The third-order valence-corrected chi connectivity index (χ3v) is 1.78. The van der Waals surface area contributed by atoms with Gasteiger partial charge in [0, 0.05) is 19.2 Å². The van der Waals surface area contributed by atoms with Crippen molar-refractivity contribution in [2.45, 2.75) is 6.42 Å². The molecule has 2 N–H and O–H groups in total. The lowest BCUT2D eigenvalue weighted by Crippen LogP contribution is -2.43. The number of hydrogen-bond donors (Lipinski definition) is 2. The number of piperidine rings is 1. The van der Waals surface area contributed by atoms with E-state index in [0.29, 0.717) is 6.54 Å². The molecule has 1 atom stereocenters. The van der Waals surface area contributed by atoms with Crippen molar-refractivity contribution in [2.75, 3.05) is 13.1 Å². The van der Waals surface area contributed by atoms with Crippen LogP contribution in [0.4, 0.5) is 0 Å². The predicted octanol–water partition coefficient (Wildman–Crippen LogP) is -1.15. The number of carboxylic acid groups (broad SMARTS) is 1. The lowest BCUT2D eigenvalue weighted by Gasteiger charge is -2.16. The summed E-state index contributed by atoms with van der Waals surface area (Å²) in [5.41, 5.74) is 0. The second-order valence-corrected chi connectivity index (χ2v) is 2.87. The zero-order chi connectivity index (χ0) is 10.6. The maximum atomic E-state index is 11.2. The summed E-state index contributed by atoms with van der Waals surface area (Å²) < 4.78 is 0. The Morgan fingerprint density at radius 1 is 1.64 bits per heavy atom. The fourth-order valence-electron chi connectivity index (χ4n) is 1.11. The lowest BCUT2D eigenvalue weighted by atomic mass is 9.98. The SMILES string of the molecule is O=C(O)CN=CC1C(=O)CCNC1=O. The first-order chi connectivity index (χ1) is 6.61. The quantitative estimate of drug-likeness (QED) is 0.442. The van der Waals surface area contributed by atoms with Crippen LogP contribution in [0, 0.1) is 5.92 Å². The summed E-state index contributed by atoms with van der Waals surface area (Å²) in [4.78, 5) is 35.9. The summed E-state index contributed by atoms with van der Waals surface area (Å²) in [6, 6.07) is 0. The van der Waals surface area contributed by atoms with E-state index < -0.39 is 24.3 Å². The van der Waals surface area contributed by atoms with Crippen LogP contribution in [-0.2, 0) is 14.4 Å². The average Bonchev–Trinajstić information content (AvgIpc) is 2.09. The van der Waals surface area contributed by atoms with Gasteiger partial charge in [-0.2, -0.15) is 0 Å². The second-order valence-electron chi connectivity index (χ2n) is 2.87. The topological polar surface area (TPSA) is 95.8 Å². The molecular weight excluding hydrogens is 188 g/mol. The van der Waals surface area contributed by atoms with Crippen molar-refractivity contribution < 1.29 is 19.5 Å². The van der Waals surface area contributed by atoms with Gasteiger partial charge in [0.1, 0.15) is 12.5 Å². The van der Waals surface area contributed by atoms with E-state index in [1.807, 2.05) is 0 Å². The molecular formula is C8H10N2O4. The highest BCUT2D eigenvalue weighted by atomic mass is 16.4. The van der Waals surface area contributed by atoms with Crippen LogP contribution in [0.15, 0.2) is 4.99 Å². The molecule has 0 aliphatic carbocycles. The standard InChI is InChI=1S/C8H10N2O4/c11-6-1-2-10-8(14)5(6)3-9-4-7(12)13/h3,5H,1-2,4H2,(H,10,14)(H,12,13). The molecule has 0 aromatic heterocycles. The van der Waals surface area contributed by atoms with Gasteiger partial charge in [-0.25, -0.2) is 0 Å². The van der Waals surface area contributed by atoms with E-state index in [1.165, 1.54) is 0 Å². The molecule has 1 saturated heterocycles. The Hall–Kier alpha value is -1.72. The molecule has 76 valence electrons. The molecule has 0 spiro atoms. The number of ketones is 1. The molecule has 6 heteroatoms. The predicted molar refractivity (Wildman–Crippen MR) is 47.1 cm³/mol. The van der Waals surface area contributed by atoms with Gasteiger partial charge in [-0.1, -0.05) is 0 Å². The first-order valence-corrected chi connectivity index (χ1v) is 4.13. The Morgan fingerprint density at radius 2 is 2.36 bits per heavy atom. The van der Waals surface area contributed by atoms with Gasteiger partial charge in [0.15, 0.2) is 5.78 Å². The van der Waals surface area contributed by atoms with Gasteiger partial charge < -0.3 is 10.4 Å². The highest BCUT2D eigenvalue weighted by molar-refractivity contribution is 6.15. The third-order valence-electron chi connectivity index (χ3n) is 1.78. The summed E-state index contributed by atoms with van der Waals surface area (Å²) in [5, 5.41) is 10.8. The van der Waals surface area contributed by atoms with Crippen LogP contribution >= 0.6 is 0 Å². The van der Waals surface area contributed by atoms with Crippen LogP contribution in [-0.4, -0.2) is 42.1 Å². The Labute approximate surface area is 80.0 Å². The van der Waals surface area contributed by atoms with Crippen LogP contribution in [0.2, 0.25) is 0 Å². The van der Waals surface area contributed by atoms with E-state index in [4.69, 9.17) is 5.11 Å². The van der Waals surface area contributed by atoms with E-state index in [-0.39, 0.29) is 12.2 Å². The number of amides is 1. The van der Waals surface area contributed by atoms with E-state index >= 15 is 0 Å². The Kier molecular flexibility index (Phi) is 3.33. The van der Waals surface area contributed by atoms with Gasteiger partial charge in [0.05, 0.1) is 0 Å². The molecule has 1 unspecified atom stereocenters. The fraction of sp³-hybridized carbons (Fsp3) is 0.500. The van der Waals surface area contributed by atoms with Gasteiger partial charge in [-0.05, 0) is 0 Å². The molecule has 1 fully saturated rings. The number of nitrogens with one attached hydrogen (secondary N) is 1. The van der Waals surface area contributed by atoms with Crippen molar-refractivity contribution in [3.8, 4) is 0 Å². The van der Waals surface area contributed by atoms with E-state index in [1.54, 1.807) is 0 Å². The monoisotopic (exact) mass is 198 g/mol. The van der Waals surface area contributed by atoms with Crippen molar-refractivity contribution >= 4 is 23.9 Å². The summed E-state index contributed by atoms with van der Waals surface area (Å²) in [7, 11) is 0. The first-order valence-electron chi connectivity index (χ1n) is 4.13. The molecule has 0 aromatic rings. The number of nitrogens with zero attached hydrogens (tertiary/aromatic N) is 1. The zero-order valence-corrected chi connectivity index (χ0v) is 7.40. The minimum atomic E-state index is -1.09. The van der Waals surface area contributed by atoms with Crippen molar-refractivity contribution in [1.82, 2.24) is 5.32 Å². The molecule has 0 bridgehead atoms. The molecule has 6 nitrogen and oxygen atoms in total. The van der Waals surface area contributed by atoms with Gasteiger partial charge >= 0.3 is 5.97 Å². The van der Waals surface area contributed by atoms with E-state index in [9.17, 15) is 14.4 Å². The lowest BCUT2D eigenvalue weighted by molar-refractivity contribution is -0.136. The van der Waals surface area contributed by atoms with Gasteiger partial charge in [-0.3, -0.25) is 19.4 Å². The minimum Gasteiger partial charge on any atom is -0.480 e. The van der Waals surface area contributed by atoms with E-state index in [0.717, 1.165) is 6.21 Å². The van der Waals surface area contributed by atoms with Crippen molar-refractivity contribution in [3.63, 3.8) is 0 Å². The molecule has 1 heterocycles. The summed E-state index contributed by atoms with van der Waals surface area (Å²) in [6.07, 6.45) is 1.38. The number of aliphatic carboxylic acids is 1. The van der Waals surface area contributed by atoms with Crippen LogP contribution in [0.3, 0.4) is 0 Å². The third kappa shape index (κ3) is 2.65. The van der Waals surface area contributed by atoms with Gasteiger partial charge in [0.2, 0.25) is 5.91 Å². The van der Waals surface area contributed by atoms with Crippen molar-refractivity contribution in [3.05, 3.63) is 0 Å². The van der Waals surface area contributed by atoms with Crippen LogP contribution < -0.4 is 5.32 Å². The summed E-state index contributed by atoms with van der Waals surface area (Å²) in [5.74, 6) is -2.63. The van der Waals surface area contributed by atoms with Crippen LogP contribution in [0.5, 0.6) is 0 Å². The molecule has 14 heavy (non-hydrogen) atoms. The number of Topliss-reactive ketones (excluding diaryl/α,β-unsaturated/α-hetero) is 1. The average molecular weight is 198 g/mol. The molecule has 0 aromatic carbocycles. The summed E-state index contributed by atoms with van der Waals surface area (Å²) in [6.45, 7) is -0.0714. The van der Waals surface area contributed by atoms with Crippen LogP contribution in [0.1, 0.15) is 6.42 Å². The molecule has 1 rings (SSSR count). The van der Waals surface area contributed by atoms with Crippen molar-refractivity contribution in [1.29, 1.82) is 0 Å². The zero-order valence-electron chi connectivity index (χ0n) is 7.40. The number of rotatable bonds is 3. The first kappa shape index (κ1) is 10.4. The van der Waals surface area contributed by atoms with E-state index in [2.05, 4.69) is 10.3 Å². The Bertz CT molecular complexity index is 282. The molecule has 1 aliphatic rings. The number of carbonyl (C=O) groups is 3. The van der Waals surface area contributed by atoms with Crippen LogP contribution in [0.25, 0.3) is 0 Å². The van der Waals surface area contributed by atoms with Gasteiger partial charge in [0.25, 0.3) is 0 Å². The number of aliphatic imine (C=N–C) groups is 1. The minimum absolute atomic E-state index is 0.220. The number of hydrogen-bond acceptors (Lipinski definition) is 4. The molecule has 0 radical (unpaired) electrons. The van der Waals surface area contributed by atoms with Crippen molar-refractivity contribution in [2.24, 2.45) is 10.9 Å². The second kappa shape index (κ2) is 4.50. The number of carboxylic acids is 1. The molecule has 1 amide bonds. The normalized spacial score (nSPS) is 22.4. The van der Waals surface area contributed by atoms with Gasteiger partial charge in [-0.15, -0.1) is 0 Å². The maximum absolute atomic E-state index is 11.2. The Balaban J connectivity index is 2.56. The largest absolute Gasteiger partial charge is 0.480 e.